The van der Waals surface area contributed by atoms with Gasteiger partial charge in [-0.2, -0.15) is 5.01 Å². The standard InChI is InChI=1S/C37H41N5O5/c1-36(2,3)47-34(44)41-24-37(25-41)19-21-40(22-20-37)23-29-31(33(43)39-42(35(45)46-4)27-15-9-6-10-16-27)28-17-11-12-18-30(28)38-32(29)26-13-7-5-8-14-26/h5-18H,19-25H2,1-4H3,(H,39,43). The van der Waals surface area contributed by atoms with Gasteiger partial charge in [-0.3, -0.25) is 15.1 Å². The predicted molar refractivity (Wildman–Crippen MR) is 181 cm³/mol. The number of likely N-dealkylation sites (tertiary alicyclic amines) is 2. The van der Waals surface area contributed by atoms with Gasteiger partial charge in [0.25, 0.3) is 5.91 Å². The summed E-state index contributed by atoms with van der Waals surface area (Å²) in [4.78, 5) is 49.1. The lowest BCUT2D eigenvalue weighted by Crippen LogP contribution is -2.62. The van der Waals surface area contributed by atoms with Crippen molar-refractivity contribution in [3.63, 3.8) is 0 Å². The quantitative estimate of drug-likeness (QED) is 0.245. The van der Waals surface area contributed by atoms with Gasteiger partial charge in [-0.1, -0.05) is 66.7 Å². The van der Waals surface area contributed by atoms with Crippen LogP contribution in [0.4, 0.5) is 15.3 Å². The highest BCUT2D eigenvalue weighted by Gasteiger charge is 2.48. The zero-order chi connectivity index (χ0) is 33.2. The Morgan fingerprint density at radius 3 is 2.15 bits per heavy atom. The van der Waals surface area contributed by atoms with E-state index in [1.807, 2.05) is 81.4 Å². The van der Waals surface area contributed by atoms with E-state index in [0.29, 0.717) is 41.8 Å². The summed E-state index contributed by atoms with van der Waals surface area (Å²) in [5.41, 5.74) is 6.40. The molecule has 10 nitrogen and oxygen atoms in total. The number of nitrogens with zero attached hydrogens (tertiary/aromatic N) is 4. The maximum Gasteiger partial charge on any atom is 0.433 e. The maximum absolute atomic E-state index is 14.4. The van der Waals surface area contributed by atoms with E-state index in [0.717, 1.165) is 47.8 Å². The Kier molecular flexibility index (Phi) is 8.88. The van der Waals surface area contributed by atoms with Crippen LogP contribution >= 0.6 is 0 Å². The summed E-state index contributed by atoms with van der Waals surface area (Å²) in [6, 6.07) is 26.3. The number of methoxy groups -OCH3 is 1. The molecule has 0 bridgehead atoms. The molecule has 10 heteroatoms. The number of amides is 3. The van der Waals surface area contributed by atoms with E-state index in [4.69, 9.17) is 14.5 Å². The summed E-state index contributed by atoms with van der Waals surface area (Å²) in [7, 11) is 1.28. The van der Waals surface area contributed by atoms with Crippen molar-refractivity contribution in [2.45, 2.75) is 45.8 Å². The number of anilines is 1. The van der Waals surface area contributed by atoms with Gasteiger partial charge in [-0.15, -0.1) is 0 Å². The summed E-state index contributed by atoms with van der Waals surface area (Å²) in [6.45, 7) is 9.14. The van der Waals surface area contributed by atoms with Crippen molar-refractivity contribution in [1.29, 1.82) is 0 Å². The molecule has 3 aromatic carbocycles. The van der Waals surface area contributed by atoms with Crippen LogP contribution in [-0.2, 0) is 16.0 Å². The number of carbonyl (C=O) groups is 3. The molecule has 0 aliphatic carbocycles. The highest BCUT2D eigenvalue weighted by atomic mass is 16.6. The van der Waals surface area contributed by atoms with E-state index in [1.54, 1.807) is 29.2 Å². The molecule has 0 radical (unpaired) electrons. The number of fused-ring (bicyclic) bond motifs is 1. The lowest BCUT2D eigenvalue weighted by Gasteiger charge is -2.53. The fourth-order valence-corrected chi connectivity index (χ4v) is 6.49. The third kappa shape index (κ3) is 6.92. The van der Waals surface area contributed by atoms with Crippen LogP contribution in [-0.4, -0.2) is 71.8 Å². The van der Waals surface area contributed by atoms with Gasteiger partial charge < -0.3 is 14.4 Å². The van der Waals surface area contributed by atoms with E-state index < -0.39 is 17.6 Å². The predicted octanol–water partition coefficient (Wildman–Crippen LogP) is 6.65. The minimum Gasteiger partial charge on any atom is -0.451 e. The summed E-state index contributed by atoms with van der Waals surface area (Å²) in [5, 5.41) is 1.82. The van der Waals surface area contributed by atoms with Gasteiger partial charge in [0, 0.05) is 41.6 Å². The molecule has 2 aliphatic rings. The van der Waals surface area contributed by atoms with E-state index in [9.17, 15) is 14.4 Å². The molecule has 1 aromatic heterocycles. The van der Waals surface area contributed by atoms with Crippen LogP contribution in [0.25, 0.3) is 22.2 Å². The van der Waals surface area contributed by atoms with Crippen LogP contribution in [0, 0.1) is 5.41 Å². The molecule has 0 saturated carbocycles. The van der Waals surface area contributed by atoms with Gasteiger partial charge in [0.1, 0.15) is 5.60 Å². The number of rotatable bonds is 5. The number of ether oxygens (including phenoxy) is 2. The number of hydrogen-bond acceptors (Lipinski definition) is 7. The number of pyridine rings is 1. The number of benzene rings is 3. The fourth-order valence-electron chi connectivity index (χ4n) is 6.49. The zero-order valence-corrected chi connectivity index (χ0v) is 27.4. The first-order chi connectivity index (χ1) is 22.6. The van der Waals surface area contributed by atoms with E-state index in [2.05, 4.69) is 10.3 Å². The SMILES string of the molecule is COC(=O)N(NC(=O)c1c(CN2CCC3(CC2)CN(C(=O)OC(C)(C)C)C3)c(-c2ccccc2)nc2ccccc12)c1ccccc1. The van der Waals surface area contributed by atoms with Gasteiger partial charge in [0.2, 0.25) is 0 Å². The molecule has 1 N–H and O–H groups in total. The smallest absolute Gasteiger partial charge is 0.433 e. The summed E-state index contributed by atoms with van der Waals surface area (Å²) >= 11 is 0. The minimum absolute atomic E-state index is 0.0776. The zero-order valence-electron chi connectivity index (χ0n) is 27.4. The first kappa shape index (κ1) is 32.0. The molecule has 6 rings (SSSR count). The third-order valence-electron chi connectivity index (χ3n) is 8.86. The Morgan fingerprint density at radius 1 is 0.894 bits per heavy atom. The molecule has 4 aromatic rings. The Balaban J connectivity index is 1.32. The molecule has 2 saturated heterocycles. The van der Waals surface area contributed by atoms with Crippen LogP contribution < -0.4 is 10.4 Å². The molecule has 2 fully saturated rings. The Labute approximate surface area is 275 Å². The van der Waals surface area contributed by atoms with Crippen molar-refractivity contribution in [2.24, 2.45) is 5.41 Å². The van der Waals surface area contributed by atoms with Crippen LogP contribution in [0.5, 0.6) is 0 Å². The number of piperidine rings is 1. The van der Waals surface area contributed by atoms with Gasteiger partial charge >= 0.3 is 12.2 Å². The van der Waals surface area contributed by atoms with Crippen molar-refractivity contribution >= 4 is 34.7 Å². The number of carbonyl (C=O) groups excluding carboxylic acids is 3. The number of nitrogens with one attached hydrogen (secondary N) is 1. The Hall–Kier alpha value is -4.96. The van der Waals surface area contributed by atoms with Crippen molar-refractivity contribution in [1.82, 2.24) is 20.2 Å². The molecule has 0 atom stereocenters. The Morgan fingerprint density at radius 2 is 1.51 bits per heavy atom. The lowest BCUT2D eigenvalue weighted by atomic mass is 9.72. The second-order valence-electron chi connectivity index (χ2n) is 13.4. The molecule has 3 amide bonds. The Bertz CT molecular complexity index is 1760. The lowest BCUT2D eigenvalue weighted by molar-refractivity contribution is -0.0600. The van der Waals surface area contributed by atoms with Crippen molar-refractivity contribution in [2.75, 3.05) is 38.3 Å². The highest BCUT2D eigenvalue weighted by molar-refractivity contribution is 6.10. The van der Waals surface area contributed by atoms with E-state index >= 15 is 0 Å². The van der Waals surface area contributed by atoms with Crippen LogP contribution in [0.2, 0.25) is 0 Å². The first-order valence-corrected chi connectivity index (χ1v) is 16.0. The first-order valence-electron chi connectivity index (χ1n) is 16.0. The normalized spacial score (nSPS) is 16.0. The molecule has 3 heterocycles. The molecule has 47 heavy (non-hydrogen) atoms. The van der Waals surface area contributed by atoms with Gasteiger partial charge in [0.05, 0.1) is 29.6 Å². The van der Waals surface area contributed by atoms with Crippen molar-refractivity contribution in [3.8, 4) is 11.3 Å². The largest absolute Gasteiger partial charge is 0.451 e. The average molecular weight is 636 g/mol. The van der Waals surface area contributed by atoms with E-state index in [1.165, 1.54) is 7.11 Å². The second-order valence-corrected chi connectivity index (χ2v) is 13.4. The molecular weight excluding hydrogens is 594 g/mol. The number of hydrazine groups is 1. The number of para-hydroxylation sites is 2. The monoisotopic (exact) mass is 635 g/mol. The summed E-state index contributed by atoms with van der Waals surface area (Å²) < 4.78 is 10.6. The fraction of sp³-hybridized carbons (Fsp3) is 0.351. The van der Waals surface area contributed by atoms with Crippen molar-refractivity contribution in [3.05, 3.63) is 96.1 Å². The summed E-state index contributed by atoms with van der Waals surface area (Å²) in [5.74, 6) is -0.439. The maximum atomic E-state index is 14.4. The summed E-state index contributed by atoms with van der Waals surface area (Å²) in [6.07, 6.45) is 0.890. The van der Waals surface area contributed by atoms with Crippen molar-refractivity contribution < 1.29 is 23.9 Å². The number of aromatic nitrogens is 1. The third-order valence-corrected chi connectivity index (χ3v) is 8.86. The topological polar surface area (TPSA) is 104 Å². The molecular formula is C37H41N5O5. The molecule has 0 unspecified atom stereocenters. The molecule has 1 spiro atoms. The molecule has 244 valence electrons. The van der Waals surface area contributed by atoms with Crippen LogP contribution in [0.15, 0.2) is 84.9 Å². The molecule has 2 aliphatic heterocycles. The average Bonchev–Trinajstić information content (AvgIpc) is 3.05. The van der Waals surface area contributed by atoms with Crippen LogP contribution in [0.3, 0.4) is 0 Å². The van der Waals surface area contributed by atoms with Gasteiger partial charge in [-0.05, 0) is 64.9 Å². The van der Waals surface area contributed by atoms with Crippen LogP contribution in [0.1, 0.15) is 49.5 Å². The van der Waals surface area contributed by atoms with Gasteiger partial charge in [0.15, 0.2) is 0 Å². The minimum atomic E-state index is -0.713. The van der Waals surface area contributed by atoms with E-state index in [-0.39, 0.29) is 11.5 Å². The van der Waals surface area contributed by atoms with Gasteiger partial charge in [-0.25, -0.2) is 14.6 Å². The second kappa shape index (κ2) is 13.0. The number of hydrogen-bond donors (Lipinski definition) is 1. The highest BCUT2D eigenvalue weighted by Crippen LogP contribution is 2.42.